The zero-order valence-corrected chi connectivity index (χ0v) is 6.64. The summed E-state index contributed by atoms with van der Waals surface area (Å²) in [6.07, 6.45) is 0. The minimum atomic E-state index is -2.17. The predicted octanol–water partition coefficient (Wildman–Crippen LogP) is 0.383. The topological polar surface area (TPSA) is 66.2 Å². The average Bonchev–Trinajstić information content (AvgIpc) is 2.04. The molecule has 11 heavy (non-hydrogen) atoms. The minimum Gasteiger partial charge on any atom is -0.768 e. The zero-order valence-electron chi connectivity index (χ0n) is 5.82. The lowest BCUT2D eigenvalue weighted by Gasteiger charge is -2.08. The van der Waals surface area contributed by atoms with Crippen molar-refractivity contribution in [2.24, 2.45) is 5.73 Å². The van der Waals surface area contributed by atoms with Gasteiger partial charge in [-0.2, -0.15) is 0 Å². The highest BCUT2D eigenvalue weighted by Gasteiger charge is 1.97. The molecule has 1 atom stereocenters. The maximum atomic E-state index is 10.5. The van der Waals surface area contributed by atoms with Crippen LogP contribution in [0.2, 0.25) is 0 Å². The number of hydrogen-bond acceptors (Lipinski definition) is 3. The molecule has 0 fully saturated rings. The molecule has 0 radical (unpaired) electrons. The van der Waals surface area contributed by atoms with Crippen molar-refractivity contribution in [1.29, 1.82) is 0 Å². The van der Waals surface area contributed by atoms with Crippen LogP contribution in [-0.2, 0) is 17.6 Å². The van der Waals surface area contributed by atoms with Gasteiger partial charge in [-0.1, -0.05) is 18.2 Å². The van der Waals surface area contributed by atoms with Crippen LogP contribution in [0, 0.1) is 0 Å². The van der Waals surface area contributed by atoms with Gasteiger partial charge in [-0.05, 0) is 22.7 Å². The maximum absolute atomic E-state index is 10.5. The van der Waals surface area contributed by atoms with E-state index in [0.717, 1.165) is 0 Å². The first-order chi connectivity index (χ1) is 5.25. The molecule has 1 aromatic rings. The summed E-state index contributed by atoms with van der Waals surface area (Å²) in [5.74, 6) is 0. The van der Waals surface area contributed by atoms with Gasteiger partial charge in [-0.3, -0.25) is 4.21 Å². The Labute approximate surface area is 67.5 Å². The van der Waals surface area contributed by atoms with Gasteiger partial charge >= 0.3 is 0 Å². The molecule has 0 saturated heterocycles. The Kier molecular flexibility index (Phi) is 2.76. The number of nitrogens with two attached hydrogens (primary N) is 1. The van der Waals surface area contributed by atoms with Crippen LogP contribution < -0.4 is 5.73 Å². The van der Waals surface area contributed by atoms with Crippen LogP contribution in [0.1, 0.15) is 5.56 Å². The van der Waals surface area contributed by atoms with Crippen LogP contribution in [-0.4, -0.2) is 8.76 Å². The van der Waals surface area contributed by atoms with E-state index in [-0.39, 0.29) is 11.4 Å². The van der Waals surface area contributed by atoms with Crippen LogP contribution in [0.4, 0.5) is 0 Å². The molecular weight excluding hydrogens is 162 g/mol. The first-order valence-corrected chi connectivity index (χ1v) is 4.20. The Bertz CT molecular complexity index is 275. The molecule has 0 amide bonds. The smallest absolute Gasteiger partial charge is 0.0293 e. The van der Waals surface area contributed by atoms with Gasteiger partial charge in [0.25, 0.3) is 0 Å². The molecule has 1 rings (SSSR count). The fourth-order valence-corrected chi connectivity index (χ4v) is 1.39. The van der Waals surface area contributed by atoms with Crippen molar-refractivity contribution in [3.8, 4) is 0 Å². The normalized spacial score (nSPS) is 12.9. The number of benzene rings is 1. The molecule has 3 nitrogen and oxygen atoms in total. The first-order valence-electron chi connectivity index (χ1n) is 3.13. The van der Waals surface area contributed by atoms with Crippen molar-refractivity contribution in [3.05, 3.63) is 29.8 Å². The highest BCUT2D eigenvalue weighted by atomic mass is 32.2. The van der Waals surface area contributed by atoms with E-state index in [0.29, 0.717) is 5.56 Å². The Morgan fingerprint density at radius 1 is 1.45 bits per heavy atom. The van der Waals surface area contributed by atoms with E-state index in [2.05, 4.69) is 0 Å². The Morgan fingerprint density at radius 2 is 2.09 bits per heavy atom. The van der Waals surface area contributed by atoms with Crippen molar-refractivity contribution in [2.75, 3.05) is 0 Å². The molecule has 0 aliphatic carbocycles. The van der Waals surface area contributed by atoms with Crippen molar-refractivity contribution < 1.29 is 8.76 Å². The molecule has 0 aliphatic heterocycles. The van der Waals surface area contributed by atoms with Crippen molar-refractivity contribution in [3.63, 3.8) is 0 Å². The van der Waals surface area contributed by atoms with Gasteiger partial charge in [-0.25, -0.2) is 0 Å². The summed E-state index contributed by atoms with van der Waals surface area (Å²) in [5, 5.41) is 0. The molecule has 0 aliphatic rings. The van der Waals surface area contributed by atoms with Gasteiger partial charge in [0.2, 0.25) is 0 Å². The summed E-state index contributed by atoms with van der Waals surface area (Å²) >= 11 is -2.17. The lowest BCUT2D eigenvalue weighted by atomic mass is 10.2. The van der Waals surface area contributed by atoms with Gasteiger partial charge in [0.15, 0.2) is 0 Å². The Morgan fingerprint density at radius 3 is 2.55 bits per heavy atom. The molecule has 60 valence electrons. The van der Waals surface area contributed by atoms with Crippen molar-refractivity contribution in [2.45, 2.75) is 11.4 Å². The van der Waals surface area contributed by atoms with E-state index in [1.165, 1.54) is 6.07 Å². The van der Waals surface area contributed by atoms with Crippen LogP contribution >= 0.6 is 0 Å². The fourth-order valence-electron chi connectivity index (χ4n) is 0.835. The monoisotopic (exact) mass is 170 g/mol. The van der Waals surface area contributed by atoms with Gasteiger partial charge in [0.1, 0.15) is 0 Å². The van der Waals surface area contributed by atoms with E-state index in [9.17, 15) is 8.76 Å². The fraction of sp³-hybridized carbons (Fsp3) is 0.143. The minimum absolute atomic E-state index is 0.254. The SMILES string of the molecule is NCc1ccccc1S(=O)[O-]. The molecule has 2 N–H and O–H groups in total. The molecular formula is C7H8NO2S-. The lowest BCUT2D eigenvalue weighted by Crippen LogP contribution is -2.02. The second-order valence-electron chi connectivity index (χ2n) is 2.05. The average molecular weight is 170 g/mol. The maximum Gasteiger partial charge on any atom is 0.0293 e. The van der Waals surface area contributed by atoms with E-state index >= 15 is 0 Å². The largest absolute Gasteiger partial charge is 0.768 e. The van der Waals surface area contributed by atoms with Gasteiger partial charge in [0.05, 0.1) is 0 Å². The summed E-state index contributed by atoms with van der Waals surface area (Å²) in [6.45, 7) is 0.254. The van der Waals surface area contributed by atoms with Crippen LogP contribution in [0.3, 0.4) is 0 Å². The summed E-state index contributed by atoms with van der Waals surface area (Å²) in [5.41, 5.74) is 5.97. The third kappa shape index (κ3) is 1.86. The summed E-state index contributed by atoms with van der Waals surface area (Å²) in [4.78, 5) is 0.287. The lowest BCUT2D eigenvalue weighted by molar-refractivity contribution is 0.536. The number of hydrogen-bond donors (Lipinski definition) is 1. The summed E-state index contributed by atoms with van der Waals surface area (Å²) in [7, 11) is 0. The van der Waals surface area contributed by atoms with Gasteiger partial charge in [0, 0.05) is 11.4 Å². The number of rotatable bonds is 2. The second-order valence-corrected chi connectivity index (χ2v) is 2.96. The van der Waals surface area contributed by atoms with Crippen LogP contribution in [0.5, 0.6) is 0 Å². The highest BCUT2D eigenvalue weighted by molar-refractivity contribution is 7.79. The highest BCUT2D eigenvalue weighted by Crippen LogP contribution is 2.10. The van der Waals surface area contributed by atoms with Gasteiger partial charge < -0.3 is 10.3 Å². The van der Waals surface area contributed by atoms with Crippen molar-refractivity contribution >= 4 is 11.1 Å². The first kappa shape index (κ1) is 8.39. The van der Waals surface area contributed by atoms with E-state index in [4.69, 9.17) is 5.73 Å². The third-order valence-electron chi connectivity index (χ3n) is 1.37. The third-order valence-corrected chi connectivity index (χ3v) is 2.13. The summed E-state index contributed by atoms with van der Waals surface area (Å²) < 4.78 is 21.1. The van der Waals surface area contributed by atoms with Crippen molar-refractivity contribution in [1.82, 2.24) is 0 Å². The summed E-state index contributed by atoms with van der Waals surface area (Å²) in [6, 6.07) is 6.67. The molecule has 0 heterocycles. The molecule has 4 heteroatoms. The van der Waals surface area contributed by atoms with E-state index in [1.54, 1.807) is 18.2 Å². The molecule has 0 spiro atoms. The molecule has 0 bridgehead atoms. The molecule has 1 aromatic carbocycles. The quantitative estimate of drug-likeness (QED) is 0.652. The second kappa shape index (κ2) is 3.61. The van der Waals surface area contributed by atoms with Gasteiger partial charge in [-0.15, -0.1) is 0 Å². The predicted molar refractivity (Wildman–Crippen MR) is 41.5 cm³/mol. The standard InChI is InChI=1S/C7H9NO2S/c8-5-6-3-1-2-4-7(6)11(9)10/h1-4H,5,8H2,(H,9,10)/p-1. The molecule has 0 aromatic heterocycles. The van der Waals surface area contributed by atoms with Crippen LogP contribution in [0.15, 0.2) is 29.2 Å². The van der Waals surface area contributed by atoms with Crippen LogP contribution in [0.25, 0.3) is 0 Å². The Balaban J connectivity index is 3.12. The van der Waals surface area contributed by atoms with E-state index < -0.39 is 11.1 Å². The molecule has 0 saturated carbocycles. The Hall–Kier alpha value is -0.710. The van der Waals surface area contributed by atoms with E-state index in [1.807, 2.05) is 0 Å². The zero-order chi connectivity index (χ0) is 8.27. The molecule has 1 unspecified atom stereocenters.